The zero-order valence-corrected chi connectivity index (χ0v) is 12.7. The molecule has 1 atom stereocenters. The van der Waals surface area contributed by atoms with Crippen LogP contribution in [0.2, 0.25) is 0 Å². The van der Waals surface area contributed by atoms with Crippen LogP contribution < -0.4 is 5.32 Å². The van der Waals surface area contributed by atoms with Crippen molar-refractivity contribution in [2.24, 2.45) is 0 Å². The number of carbonyl (C=O) groups is 1. The fraction of sp³-hybridized carbons (Fsp3) is 0.235. The van der Waals surface area contributed by atoms with Gasteiger partial charge in [-0.05, 0) is 43.2 Å². The fourth-order valence-corrected chi connectivity index (χ4v) is 2.51. The van der Waals surface area contributed by atoms with Gasteiger partial charge in [-0.15, -0.1) is 0 Å². The standard InChI is InChI=1S/C17H18N4O/c1-12-6-7-16-14(5-3-8-18-16)15(12)11-19-17(22)13(2)21-10-4-9-20-21/h3-10,13H,11H2,1-2H3,(H,19,22)/t13-/m0/s1. The Morgan fingerprint density at radius 1 is 1.27 bits per heavy atom. The molecule has 0 aliphatic rings. The number of rotatable bonds is 4. The van der Waals surface area contributed by atoms with E-state index in [1.807, 2.05) is 44.2 Å². The molecule has 5 nitrogen and oxygen atoms in total. The molecule has 0 spiro atoms. The quantitative estimate of drug-likeness (QED) is 0.804. The van der Waals surface area contributed by atoms with Gasteiger partial charge in [-0.2, -0.15) is 5.10 Å². The van der Waals surface area contributed by atoms with Crippen molar-refractivity contribution < 1.29 is 4.79 Å². The van der Waals surface area contributed by atoms with Crippen LogP contribution in [0.3, 0.4) is 0 Å². The molecule has 2 heterocycles. The van der Waals surface area contributed by atoms with E-state index < -0.39 is 0 Å². The van der Waals surface area contributed by atoms with E-state index in [4.69, 9.17) is 0 Å². The maximum absolute atomic E-state index is 12.3. The second-order valence-corrected chi connectivity index (χ2v) is 5.31. The summed E-state index contributed by atoms with van der Waals surface area (Å²) in [4.78, 5) is 16.6. The third-order valence-corrected chi connectivity index (χ3v) is 3.87. The van der Waals surface area contributed by atoms with Crippen molar-refractivity contribution in [2.75, 3.05) is 0 Å². The molecule has 0 aliphatic carbocycles. The molecule has 1 N–H and O–H groups in total. The normalized spacial score (nSPS) is 12.3. The van der Waals surface area contributed by atoms with Crippen LogP contribution in [0, 0.1) is 6.92 Å². The predicted octanol–water partition coefficient (Wildman–Crippen LogP) is 2.62. The van der Waals surface area contributed by atoms with Crippen molar-refractivity contribution in [3.05, 3.63) is 60.0 Å². The van der Waals surface area contributed by atoms with Crippen molar-refractivity contribution in [1.82, 2.24) is 20.1 Å². The SMILES string of the molecule is Cc1ccc2ncccc2c1CNC(=O)[C@H](C)n1cccn1. The Balaban J connectivity index is 1.79. The van der Waals surface area contributed by atoms with Gasteiger partial charge in [0.2, 0.25) is 5.91 Å². The van der Waals surface area contributed by atoms with Gasteiger partial charge in [-0.3, -0.25) is 14.5 Å². The fourth-order valence-electron chi connectivity index (χ4n) is 2.51. The second-order valence-electron chi connectivity index (χ2n) is 5.31. The molecule has 1 aromatic carbocycles. The lowest BCUT2D eigenvalue weighted by molar-refractivity contribution is -0.124. The molecule has 112 valence electrons. The average Bonchev–Trinajstić information content (AvgIpc) is 3.07. The predicted molar refractivity (Wildman–Crippen MR) is 85.3 cm³/mol. The summed E-state index contributed by atoms with van der Waals surface area (Å²) in [6.07, 6.45) is 5.24. The Bertz CT molecular complexity index is 796. The van der Waals surface area contributed by atoms with E-state index in [0.717, 1.165) is 22.0 Å². The minimum Gasteiger partial charge on any atom is -0.350 e. The van der Waals surface area contributed by atoms with Crippen LogP contribution in [0.25, 0.3) is 10.9 Å². The van der Waals surface area contributed by atoms with Crippen LogP contribution in [-0.2, 0) is 11.3 Å². The number of nitrogens with zero attached hydrogens (tertiary/aromatic N) is 3. The number of carbonyl (C=O) groups excluding carboxylic acids is 1. The summed E-state index contributed by atoms with van der Waals surface area (Å²) in [7, 11) is 0. The number of hydrogen-bond acceptors (Lipinski definition) is 3. The lowest BCUT2D eigenvalue weighted by Crippen LogP contribution is -2.31. The maximum atomic E-state index is 12.3. The summed E-state index contributed by atoms with van der Waals surface area (Å²) in [6, 6.07) is 9.47. The molecule has 0 saturated heterocycles. The highest BCUT2D eigenvalue weighted by atomic mass is 16.2. The maximum Gasteiger partial charge on any atom is 0.244 e. The van der Waals surface area contributed by atoms with Crippen LogP contribution in [0.4, 0.5) is 0 Å². The van der Waals surface area contributed by atoms with Gasteiger partial charge in [0.1, 0.15) is 6.04 Å². The van der Waals surface area contributed by atoms with Crippen molar-refractivity contribution in [3.63, 3.8) is 0 Å². The Morgan fingerprint density at radius 3 is 2.91 bits per heavy atom. The summed E-state index contributed by atoms with van der Waals surface area (Å²) >= 11 is 0. The van der Waals surface area contributed by atoms with Gasteiger partial charge >= 0.3 is 0 Å². The summed E-state index contributed by atoms with van der Waals surface area (Å²) in [5.74, 6) is -0.0519. The van der Waals surface area contributed by atoms with E-state index in [-0.39, 0.29) is 11.9 Å². The minimum absolute atomic E-state index is 0.0519. The zero-order valence-electron chi connectivity index (χ0n) is 12.7. The number of aromatic nitrogens is 3. The van der Waals surface area contributed by atoms with E-state index in [0.29, 0.717) is 6.54 Å². The lowest BCUT2D eigenvalue weighted by atomic mass is 10.0. The van der Waals surface area contributed by atoms with Gasteiger partial charge in [0.25, 0.3) is 0 Å². The Labute approximate surface area is 129 Å². The average molecular weight is 294 g/mol. The molecule has 2 aromatic heterocycles. The second kappa shape index (κ2) is 5.97. The van der Waals surface area contributed by atoms with Gasteiger partial charge in [-0.1, -0.05) is 12.1 Å². The van der Waals surface area contributed by atoms with Crippen molar-refractivity contribution >= 4 is 16.8 Å². The molecule has 3 aromatic rings. The highest BCUT2D eigenvalue weighted by molar-refractivity contribution is 5.84. The van der Waals surface area contributed by atoms with Crippen molar-refractivity contribution in [2.45, 2.75) is 26.4 Å². The topological polar surface area (TPSA) is 59.8 Å². The summed E-state index contributed by atoms with van der Waals surface area (Å²) in [5, 5.41) is 8.18. The summed E-state index contributed by atoms with van der Waals surface area (Å²) < 4.78 is 1.65. The van der Waals surface area contributed by atoms with Crippen molar-refractivity contribution in [1.29, 1.82) is 0 Å². The van der Waals surface area contributed by atoms with Gasteiger partial charge in [-0.25, -0.2) is 0 Å². The molecule has 0 radical (unpaired) electrons. The van der Waals surface area contributed by atoms with Crippen LogP contribution in [0.15, 0.2) is 48.9 Å². The molecule has 5 heteroatoms. The Hall–Kier alpha value is -2.69. The van der Waals surface area contributed by atoms with E-state index in [1.165, 1.54) is 0 Å². The Morgan fingerprint density at radius 2 is 2.14 bits per heavy atom. The van der Waals surface area contributed by atoms with Gasteiger partial charge < -0.3 is 5.32 Å². The number of benzene rings is 1. The number of nitrogens with one attached hydrogen (secondary N) is 1. The molecule has 22 heavy (non-hydrogen) atoms. The number of hydrogen-bond donors (Lipinski definition) is 1. The number of pyridine rings is 1. The van der Waals surface area contributed by atoms with E-state index in [2.05, 4.69) is 15.4 Å². The van der Waals surface area contributed by atoms with Crippen LogP contribution in [-0.4, -0.2) is 20.7 Å². The number of aryl methyl sites for hydroxylation is 1. The van der Waals surface area contributed by atoms with Crippen LogP contribution >= 0.6 is 0 Å². The van der Waals surface area contributed by atoms with Crippen molar-refractivity contribution in [3.8, 4) is 0 Å². The van der Waals surface area contributed by atoms with Gasteiger partial charge in [0.05, 0.1) is 5.52 Å². The van der Waals surface area contributed by atoms with Gasteiger partial charge in [0.15, 0.2) is 0 Å². The summed E-state index contributed by atoms with van der Waals surface area (Å²) in [5.41, 5.74) is 3.19. The molecular formula is C17H18N4O. The first-order chi connectivity index (χ1) is 10.7. The van der Waals surface area contributed by atoms with E-state index in [1.54, 1.807) is 23.3 Å². The highest BCUT2D eigenvalue weighted by Gasteiger charge is 2.15. The highest BCUT2D eigenvalue weighted by Crippen LogP contribution is 2.20. The lowest BCUT2D eigenvalue weighted by Gasteiger charge is -2.15. The molecule has 1 amide bonds. The zero-order chi connectivity index (χ0) is 15.5. The molecule has 0 bridgehead atoms. The van der Waals surface area contributed by atoms with Crippen LogP contribution in [0.5, 0.6) is 0 Å². The largest absolute Gasteiger partial charge is 0.350 e. The first kappa shape index (κ1) is 14.3. The molecule has 0 unspecified atom stereocenters. The number of amides is 1. The third kappa shape index (κ3) is 2.70. The monoisotopic (exact) mass is 294 g/mol. The molecule has 0 saturated carbocycles. The Kier molecular flexibility index (Phi) is 3.87. The van der Waals surface area contributed by atoms with E-state index >= 15 is 0 Å². The minimum atomic E-state index is -0.330. The summed E-state index contributed by atoms with van der Waals surface area (Å²) in [6.45, 7) is 4.37. The van der Waals surface area contributed by atoms with Crippen LogP contribution in [0.1, 0.15) is 24.1 Å². The molecule has 3 rings (SSSR count). The van der Waals surface area contributed by atoms with Gasteiger partial charge in [0, 0.05) is 30.5 Å². The number of fused-ring (bicyclic) bond motifs is 1. The molecule has 0 aliphatic heterocycles. The van der Waals surface area contributed by atoms with E-state index in [9.17, 15) is 4.79 Å². The first-order valence-electron chi connectivity index (χ1n) is 7.27. The first-order valence-corrected chi connectivity index (χ1v) is 7.27. The molecular weight excluding hydrogens is 276 g/mol. The smallest absolute Gasteiger partial charge is 0.244 e. The molecule has 0 fully saturated rings. The third-order valence-electron chi connectivity index (χ3n) is 3.87.